The van der Waals surface area contributed by atoms with Gasteiger partial charge in [0.1, 0.15) is 4.90 Å². The van der Waals surface area contributed by atoms with Crippen molar-refractivity contribution in [3.63, 3.8) is 0 Å². The zero-order chi connectivity index (χ0) is 23.3. The van der Waals surface area contributed by atoms with E-state index in [1.54, 1.807) is 25.1 Å². The SMILES string of the molecule is COC(=O)c1ccc(C)c(NC(=O)CNc2ccc(Cl)c(S(=O)(=O)N3CCOCC3)c2)c1. The standard InChI is InChI=1S/C21H24ClN3O6S/c1-14-3-4-15(21(27)30-2)11-18(14)24-20(26)13-23-16-5-6-17(22)19(12-16)32(28,29)25-7-9-31-10-8-25/h3-6,11-12,23H,7-10,13H2,1-2H3,(H,24,26). The average molecular weight is 482 g/mol. The number of hydrogen-bond donors (Lipinski definition) is 2. The fourth-order valence-corrected chi connectivity index (χ4v) is 5.02. The van der Waals surface area contributed by atoms with Gasteiger partial charge in [-0.3, -0.25) is 4.79 Å². The number of carbonyl (C=O) groups excluding carboxylic acids is 2. The van der Waals surface area contributed by atoms with Crippen LogP contribution in [-0.2, 0) is 24.3 Å². The van der Waals surface area contributed by atoms with Crippen LogP contribution in [0.5, 0.6) is 0 Å². The highest BCUT2D eigenvalue weighted by molar-refractivity contribution is 7.89. The summed E-state index contributed by atoms with van der Waals surface area (Å²) in [4.78, 5) is 24.1. The maximum atomic E-state index is 12.9. The van der Waals surface area contributed by atoms with E-state index in [2.05, 4.69) is 10.6 Å². The van der Waals surface area contributed by atoms with Gasteiger partial charge in [0, 0.05) is 24.5 Å². The number of nitrogens with zero attached hydrogens (tertiary/aromatic N) is 1. The van der Waals surface area contributed by atoms with Crippen molar-refractivity contribution < 1.29 is 27.5 Å². The van der Waals surface area contributed by atoms with Crippen LogP contribution in [-0.4, -0.2) is 64.6 Å². The van der Waals surface area contributed by atoms with Gasteiger partial charge in [0.05, 0.1) is 37.5 Å². The number of esters is 1. The van der Waals surface area contributed by atoms with E-state index < -0.39 is 16.0 Å². The smallest absolute Gasteiger partial charge is 0.337 e. The van der Waals surface area contributed by atoms with E-state index in [-0.39, 0.29) is 35.5 Å². The predicted molar refractivity (Wildman–Crippen MR) is 121 cm³/mol. The van der Waals surface area contributed by atoms with E-state index >= 15 is 0 Å². The number of amides is 1. The van der Waals surface area contributed by atoms with Crippen molar-refractivity contribution in [1.82, 2.24) is 4.31 Å². The van der Waals surface area contributed by atoms with Gasteiger partial charge in [-0.1, -0.05) is 17.7 Å². The molecule has 9 nitrogen and oxygen atoms in total. The summed E-state index contributed by atoms with van der Waals surface area (Å²) in [6.07, 6.45) is 0. The molecule has 0 saturated carbocycles. The molecule has 0 bridgehead atoms. The number of hydrogen-bond acceptors (Lipinski definition) is 7. The average Bonchev–Trinajstić information content (AvgIpc) is 2.80. The highest BCUT2D eigenvalue weighted by atomic mass is 35.5. The van der Waals surface area contributed by atoms with E-state index in [0.29, 0.717) is 30.2 Å². The molecule has 3 rings (SSSR count). The van der Waals surface area contributed by atoms with Crippen LogP contribution in [0.15, 0.2) is 41.3 Å². The monoisotopic (exact) mass is 481 g/mol. The molecule has 1 aliphatic heterocycles. The summed E-state index contributed by atoms with van der Waals surface area (Å²) < 4.78 is 37.1. The van der Waals surface area contributed by atoms with Gasteiger partial charge in [0.2, 0.25) is 15.9 Å². The lowest BCUT2D eigenvalue weighted by Gasteiger charge is -2.26. The Labute approximate surface area is 191 Å². The van der Waals surface area contributed by atoms with Gasteiger partial charge in [0.25, 0.3) is 0 Å². The zero-order valence-corrected chi connectivity index (χ0v) is 19.3. The lowest BCUT2D eigenvalue weighted by molar-refractivity contribution is -0.114. The van der Waals surface area contributed by atoms with Crippen LogP contribution in [0, 0.1) is 6.92 Å². The number of nitrogens with one attached hydrogen (secondary N) is 2. The molecule has 1 amide bonds. The van der Waals surface area contributed by atoms with E-state index in [0.717, 1.165) is 5.56 Å². The van der Waals surface area contributed by atoms with Crippen LogP contribution in [0.4, 0.5) is 11.4 Å². The van der Waals surface area contributed by atoms with E-state index in [1.807, 2.05) is 0 Å². The number of morpholine rings is 1. The fourth-order valence-electron chi connectivity index (χ4n) is 3.12. The second kappa shape index (κ2) is 10.3. The maximum Gasteiger partial charge on any atom is 0.337 e. The molecule has 11 heteroatoms. The summed E-state index contributed by atoms with van der Waals surface area (Å²) in [7, 11) is -2.50. The molecule has 0 atom stereocenters. The van der Waals surface area contributed by atoms with E-state index in [9.17, 15) is 18.0 Å². The number of benzene rings is 2. The first kappa shape index (κ1) is 24.0. The maximum absolute atomic E-state index is 12.9. The second-order valence-electron chi connectivity index (χ2n) is 7.08. The topological polar surface area (TPSA) is 114 Å². The number of halogens is 1. The van der Waals surface area contributed by atoms with Crippen LogP contribution in [0.1, 0.15) is 15.9 Å². The Bertz CT molecular complexity index is 1120. The van der Waals surface area contributed by atoms with Crippen molar-refractivity contribution >= 4 is 44.9 Å². The first-order valence-corrected chi connectivity index (χ1v) is 11.6. The number of sulfonamides is 1. The van der Waals surface area contributed by atoms with Crippen LogP contribution < -0.4 is 10.6 Å². The lowest BCUT2D eigenvalue weighted by Crippen LogP contribution is -2.40. The first-order chi connectivity index (χ1) is 15.2. The first-order valence-electron chi connectivity index (χ1n) is 9.82. The Balaban J connectivity index is 1.69. The predicted octanol–water partition coefficient (Wildman–Crippen LogP) is 2.51. The van der Waals surface area contributed by atoms with Gasteiger partial charge in [0.15, 0.2) is 0 Å². The largest absolute Gasteiger partial charge is 0.465 e. The number of aryl methyl sites for hydroxylation is 1. The van der Waals surface area contributed by atoms with Crippen LogP contribution in [0.2, 0.25) is 5.02 Å². The molecule has 2 aromatic rings. The minimum absolute atomic E-state index is 0.0342. The van der Waals surface area contributed by atoms with Gasteiger partial charge >= 0.3 is 5.97 Å². The molecular weight excluding hydrogens is 458 g/mol. The quantitative estimate of drug-likeness (QED) is 0.584. The van der Waals surface area contributed by atoms with E-state index in [1.165, 1.54) is 29.6 Å². The Morgan fingerprint density at radius 1 is 1.16 bits per heavy atom. The van der Waals surface area contributed by atoms with Crippen molar-refractivity contribution in [3.8, 4) is 0 Å². The van der Waals surface area contributed by atoms with Gasteiger partial charge in [-0.2, -0.15) is 4.31 Å². The molecule has 0 radical (unpaired) electrons. The summed E-state index contributed by atoms with van der Waals surface area (Å²) >= 11 is 6.16. The number of rotatable bonds is 7. The Hall–Kier alpha value is -2.66. The van der Waals surface area contributed by atoms with Crippen LogP contribution >= 0.6 is 11.6 Å². The molecule has 2 N–H and O–H groups in total. The molecule has 1 fully saturated rings. The minimum Gasteiger partial charge on any atom is -0.465 e. The van der Waals surface area contributed by atoms with Gasteiger partial charge < -0.3 is 20.1 Å². The van der Waals surface area contributed by atoms with Gasteiger partial charge in [-0.05, 0) is 42.8 Å². The van der Waals surface area contributed by atoms with Crippen molar-refractivity contribution in [2.45, 2.75) is 11.8 Å². The van der Waals surface area contributed by atoms with E-state index in [4.69, 9.17) is 21.1 Å². The number of ether oxygens (including phenoxy) is 2. The zero-order valence-electron chi connectivity index (χ0n) is 17.7. The van der Waals surface area contributed by atoms with Crippen LogP contribution in [0.3, 0.4) is 0 Å². The molecule has 2 aromatic carbocycles. The molecule has 1 saturated heterocycles. The van der Waals surface area contributed by atoms with Crippen molar-refractivity contribution in [2.75, 3.05) is 50.6 Å². The minimum atomic E-state index is -3.79. The Morgan fingerprint density at radius 3 is 2.56 bits per heavy atom. The summed E-state index contributed by atoms with van der Waals surface area (Å²) in [6.45, 7) is 2.83. The third-order valence-electron chi connectivity index (χ3n) is 4.90. The molecule has 1 heterocycles. The number of methoxy groups -OCH3 is 1. The molecular formula is C21H24ClN3O6S. The molecule has 0 spiro atoms. The molecule has 1 aliphatic rings. The normalized spacial score (nSPS) is 14.6. The van der Waals surface area contributed by atoms with Crippen molar-refractivity contribution in [2.24, 2.45) is 0 Å². The molecule has 0 aliphatic carbocycles. The summed E-state index contributed by atoms with van der Waals surface area (Å²) in [5.41, 5.74) is 2.00. The molecule has 32 heavy (non-hydrogen) atoms. The van der Waals surface area contributed by atoms with Gasteiger partial charge in [-0.15, -0.1) is 0 Å². The summed E-state index contributed by atoms with van der Waals surface area (Å²) in [5.74, 6) is -0.878. The molecule has 0 unspecified atom stereocenters. The number of carbonyl (C=O) groups is 2. The third-order valence-corrected chi connectivity index (χ3v) is 7.29. The summed E-state index contributed by atoms with van der Waals surface area (Å²) in [6, 6.07) is 9.32. The molecule has 172 valence electrons. The van der Waals surface area contributed by atoms with Crippen molar-refractivity contribution in [1.29, 1.82) is 0 Å². The Morgan fingerprint density at radius 2 is 1.88 bits per heavy atom. The fraction of sp³-hybridized carbons (Fsp3) is 0.333. The second-order valence-corrected chi connectivity index (χ2v) is 9.40. The van der Waals surface area contributed by atoms with Crippen molar-refractivity contribution in [3.05, 3.63) is 52.5 Å². The lowest BCUT2D eigenvalue weighted by atomic mass is 10.1. The number of anilines is 2. The highest BCUT2D eigenvalue weighted by Crippen LogP contribution is 2.28. The highest BCUT2D eigenvalue weighted by Gasteiger charge is 2.28. The third kappa shape index (κ3) is 5.57. The van der Waals surface area contributed by atoms with Gasteiger partial charge in [-0.25, -0.2) is 13.2 Å². The Kier molecular flexibility index (Phi) is 7.73. The van der Waals surface area contributed by atoms with Crippen LogP contribution in [0.25, 0.3) is 0 Å². The molecule has 0 aromatic heterocycles. The summed E-state index contributed by atoms with van der Waals surface area (Å²) in [5, 5.41) is 5.74.